The number of hydrogen-bond acceptors (Lipinski definition) is 9. The van der Waals surface area contributed by atoms with Gasteiger partial charge in [0.25, 0.3) is 0 Å². The van der Waals surface area contributed by atoms with Crippen LogP contribution >= 0.6 is 7.82 Å². The Kier molecular flexibility index (Phi) is 33.9. The summed E-state index contributed by atoms with van der Waals surface area (Å²) in [5, 5.41) is 18.9. The fraction of sp³-hybridized carbons (Fsp3) is 0.744. The molecule has 0 radical (unpaired) electrons. The molecule has 0 aromatic carbocycles. The van der Waals surface area contributed by atoms with Crippen LogP contribution in [0.5, 0.6) is 0 Å². The second kappa shape index (κ2) is 35.3. The number of esters is 2. The Morgan fingerprint density at radius 2 is 0.940 bits per heavy atom. The van der Waals surface area contributed by atoms with Crippen LogP contribution in [0.25, 0.3) is 0 Å². The Labute approximate surface area is 303 Å². The van der Waals surface area contributed by atoms with E-state index in [-0.39, 0.29) is 12.8 Å². The van der Waals surface area contributed by atoms with Gasteiger partial charge in [-0.15, -0.1) is 0 Å². The van der Waals surface area contributed by atoms with E-state index in [2.05, 4.69) is 62.5 Å². The number of carbonyl (C=O) groups is 2. The highest BCUT2D eigenvalue weighted by Crippen LogP contribution is 2.43. The lowest BCUT2D eigenvalue weighted by Gasteiger charge is -2.20. The molecule has 50 heavy (non-hydrogen) atoms. The highest BCUT2D eigenvalue weighted by atomic mass is 31.2. The Morgan fingerprint density at radius 3 is 1.36 bits per heavy atom. The molecule has 0 fully saturated rings. The molecule has 3 N–H and O–H groups in total. The van der Waals surface area contributed by atoms with Gasteiger partial charge in [0.05, 0.1) is 26.4 Å². The standard InChI is InChI=1S/C39H69O10P/c1-3-5-7-9-10-11-12-13-14-15-16-17-18-19-20-21-22-23-24-25-26-27-29-31-39(43)49-37(33-41)35-47-50(44,45)46-34-36(32-40)48-38(42)30-28-8-6-4-2/h5,7,10-11,13-14,16-17,36-37,40-41H,3-4,6,8-9,12,15,18-35H2,1-2H3,(H,44,45)/b7-5-,11-10-,14-13-,17-16-. The Hall–Kier alpha value is -2.07. The van der Waals surface area contributed by atoms with Crippen molar-refractivity contribution in [1.29, 1.82) is 0 Å². The SMILES string of the molecule is CC/C=C\C/C=C\C/C=C\C/C=C\CCCCCCCCCCCCC(=O)OC(CO)COP(=O)(O)OCC(CO)OC(=O)CCCCCC. The van der Waals surface area contributed by atoms with Gasteiger partial charge in [0.15, 0.2) is 0 Å². The van der Waals surface area contributed by atoms with Crippen LogP contribution < -0.4 is 0 Å². The third-order valence-corrected chi connectivity index (χ3v) is 8.76. The molecule has 10 nitrogen and oxygen atoms in total. The maximum atomic E-state index is 12.2. The molecule has 0 rings (SSSR count). The van der Waals surface area contributed by atoms with Crippen molar-refractivity contribution in [3.05, 3.63) is 48.6 Å². The summed E-state index contributed by atoms with van der Waals surface area (Å²) in [5.74, 6) is -1.04. The van der Waals surface area contributed by atoms with E-state index in [0.29, 0.717) is 12.8 Å². The van der Waals surface area contributed by atoms with Gasteiger partial charge in [-0.05, 0) is 51.4 Å². The second-order valence-electron chi connectivity index (χ2n) is 12.5. The van der Waals surface area contributed by atoms with Crippen LogP contribution in [0.4, 0.5) is 0 Å². The summed E-state index contributed by atoms with van der Waals surface area (Å²) < 4.78 is 32.2. The lowest BCUT2D eigenvalue weighted by atomic mass is 10.0. The second-order valence-corrected chi connectivity index (χ2v) is 14.0. The van der Waals surface area contributed by atoms with Crippen LogP contribution in [0.2, 0.25) is 0 Å². The number of aliphatic hydroxyl groups excluding tert-OH is 2. The molecule has 0 aliphatic heterocycles. The summed E-state index contributed by atoms with van der Waals surface area (Å²) in [6.07, 6.45) is 36.0. The largest absolute Gasteiger partial charge is 0.472 e. The molecule has 0 aromatic rings. The molecule has 290 valence electrons. The maximum Gasteiger partial charge on any atom is 0.472 e. The van der Waals surface area contributed by atoms with Crippen LogP contribution in [0.1, 0.15) is 149 Å². The van der Waals surface area contributed by atoms with E-state index < -0.39 is 58.4 Å². The minimum atomic E-state index is -4.62. The van der Waals surface area contributed by atoms with E-state index in [0.717, 1.165) is 70.6 Å². The molecule has 0 spiro atoms. The van der Waals surface area contributed by atoms with E-state index in [1.54, 1.807) is 0 Å². The summed E-state index contributed by atoms with van der Waals surface area (Å²) in [7, 11) is -4.62. The molecule has 0 saturated heterocycles. The highest BCUT2D eigenvalue weighted by Gasteiger charge is 2.27. The van der Waals surface area contributed by atoms with Crippen molar-refractivity contribution in [3.63, 3.8) is 0 Å². The summed E-state index contributed by atoms with van der Waals surface area (Å²) in [6.45, 7) is 1.91. The van der Waals surface area contributed by atoms with Crippen molar-refractivity contribution in [3.8, 4) is 0 Å². The van der Waals surface area contributed by atoms with Gasteiger partial charge in [-0.1, -0.05) is 133 Å². The third kappa shape index (κ3) is 33.1. The molecular formula is C39H69O10P. The maximum absolute atomic E-state index is 12.2. The molecule has 11 heteroatoms. The quantitative estimate of drug-likeness (QED) is 0.0249. The highest BCUT2D eigenvalue weighted by molar-refractivity contribution is 7.47. The van der Waals surface area contributed by atoms with Crippen LogP contribution in [0, 0.1) is 0 Å². The number of allylic oxidation sites excluding steroid dienone is 8. The summed E-state index contributed by atoms with van der Waals surface area (Å²) in [6, 6.07) is 0. The van der Waals surface area contributed by atoms with Crippen LogP contribution in [0.3, 0.4) is 0 Å². The monoisotopic (exact) mass is 728 g/mol. The first kappa shape index (κ1) is 47.9. The van der Waals surface area contributed by atoms with Crippen molar-refractivity contribution in [1.82, 2.24) is 0 Å². The fourth-order valence-corrected chi connectivity index (χ4v) is 5.65. The van der Waals surface area contributed by atoms with Gasteiger partial charge in [0.1, 0.15) is 12.2 Å². The molecular weight excluding hydrogens is 659 g/mol. The average molecular weight is 729 g/mol. The smallest absolute Gasteiger partial charge is 0.457 e. The predicted molar refractivity (Wildman–Crippen MR) is 201 cm³/mol. The molecule has 0 amide bonds. The lowest BCUT2D eigenvalue weighted by molar-refractivity contribution is -0.153. The Morgan fingerprint density at radius 1 is 0.560 bits per heavy atom. The van der Waals surface area contributed by atoms with Crippen molar-refractivity contribution in [2.45, 2.75) is 161 Å². The molecule has 0 aliphatic rings. The molecule has 3 atom stereocenters. The van der Waals surface area contributed by atoms with Gasteiger partial charge < -0.3 is 24.6 Å². The number of hydrogen-bond donors (Lipinski definition) is 3. The zero-order valence-electron chi connectivity index (χ0n) is 31.1. The minimum Gasteiger partial charge on any atom is -0.457 e. The number of rotatable bonds is 35. The van der Waals surface area contributed by atoms with Crippen molar-refractivity contribution in [2.75, 3.05) is 26.4 Å². The van der Waals surface area contributed by atoms with E-state index in [1.165, 1.54) is 38.5 Å². The Balaban J connectivity index is 3.83. The molecule has 0 saturated carbocycles. The molecule has 0 aromatic heterocycles. The zero-order valence-corrected chi connectivity index (χ0v) is 32.0. The van der Waals surface area contributed by atoms with E-state index >= 15 is 0 Å². The van der Waals surface area contributed by atoms with Gasteiger partial charge in [0.2, 0.25) is 0 Å². The minimum absolute atomic E-state index is 0.183. The predicted octanol–water partition coefficient (Wildman–Crippen LogP) is 9.38. The topological polar surface area (TPSA) is 149 Å². The molecule has 0 bridgehead atoms. The lowest BCUT2D eigenvalue weighted by Crippen LogP contribution is -2.28. The van der Waals surface area contributed by atoms with Gasteiger partial charge in [0, 0.05) is 12.8 Å². The average Bonchev–Trinajstić information content (AvgIpc) is 3.10. The first-order valence-electron chi connectivity index (χ1n) is 19.1. The number of unbranched alkanes of at least 4 members (excludes halogenated alkanes) is 13. The summed E-state index contributed by atoms with van der Waals surface area (Å²) in [5.41, 5.74) is 0. The number of carbonyl (C=O) groups excluding carboxylic acids is 2. The van der Waals surface area contributed by atoms with Gasteiger partial charge >= 0.3 is 19.8 Å². The van der Waals surface area contributed by atoms with Gasteiger partial charge in [-0.25, -0.2) is 4.57 Å². The summed E-state index contributed by atoms with van der Waals surface area (Å²) in [4.78, 5) is 34.0. The van der Waals surface area contributed by atoms with Crippen LogP contribution in [-0.4, -0.2) is 65.7 Å². The van der Waals surface area contributed by atoms with Crippen molar-refractivity contribution >= 4 is 19.8 Å². The van der Waals surface area contributed by atoms with Crippen LogP contribution in [0.15, 0.2) is 48.6 Å². The van der Waals surface area contributed by atoms with Crippen LogP contribution in [-0.2, 0) is 32.7 Å². The molecule has 3 unspecified atom stereocenters. The summed E-state index contributed by atoms with van der Waals surface area (Å²) >= 11 is 0. The number of phosphoric acid groups is 1. The first-order valence-corrected chi connectivity index (χ1v) is 20.6. The number of ether oxygens (including phenoxy) is 2. The number of aliphatic hydroxyl groups is 2. The van der Waals surface area contributed by atoms with E-state index in [4.69, 9.17) is 18.5 Å². The first-order chi connectivity index (χ1) is 24.3. The zero-order chi connectivity index (χ0) is 37.0. The van der Waals surface area contributed by atoms with Crippen molar-refractivity contribution in [2.24, 2.45) is 0 Å². The molecule has 0 heterocycles. The van der Waals surface area contributed by atoms with Gasteiger partial charge in [-0.2, -0.15) is 0 Å². The van der Waals surface area contributed by atoms with E-state index in [1.807, 2.05) is 0 Å². The van der Waals surface area contributed by atoms with E-state index in [9.17, 15) is 29.3 Å². The number of phosphoric ester groups is 1. The Bertz CT molecular complexity index is 978. The van der Waals surface area contributed by atoms with Crippen molar-refractivity contribution < 1.29 is 47.8 Å². The van der Waals surface area contributed by atoms with Gasteiger partial charge in [-0.3, -0.25) is 18.6 Å². The normalized spacial score (nSPS) is 14.6. The molecule has 0 aliphatic carbocycles. The third-order valence-electron chi connectivity index (χ3n) is 7.81. The fourth-order valence-electron chi connectivity index (χ4n) is 4.87.